The van der Waals surface area contributed by atoms with Crippen molar-refractivity contribution in [3.05, 3.63) is 13.2 Å². The van der Waals surface area contributed by atoms with Gasteiger partial charge in [0, 0.05) is 0 Å². The van der Waals surface area contributed by atoms with E-state index in [1.807, 2.05) is 6.79 Å². The van der Waals surface area contributed by atoms with Crippen molar-refractivity contribution >= 4 is 18.9 Å². The summed E-state index contributed by atoms with van der Waals surface area (Å²) in [6, 6.07) is -1.67. The highest BCUT2D eigenvalue weighted by Gasteiger charge is 1.61. The Morgan fingerprint density at radius 3 is 0.750 bits per heavy atom. The third kappa shape index (κ3) is 91.4. The van der Waals surface area contributed by atoms with E-state index in [-0.39, 0.29) is 0 Å². The molecule has 0 aromatic carbocycles. The SMILES string of the molecule is C=C.C=O.NC(N)=O.NC(N)=O. The van der Waals surface area contributed by atoms with Crippen molar-refractivity contribution in [2.24, 2.45) is 22.9 Å². The van der Waals surface area contributed by atoms with Gasteiger partial charge in [0.05, 0.1) is 0 Å². The maximum absolute atomic E-state index is 9.00. The van der Waals surface area contributed by atoms with Gasteiger partial charge in [0.2, 0.25) is 0 Å². The Labute approximate surface area is 70.4 Å². The molecule has 0 rings (SSSR count). The van der Waals surface area contributed by atoms with Crippen LogP contribution in [0.4, 0.5) is 9.59 Å². The minimum atomic E-state index is -0.833. The number of nitrogens with two attached hydrogens (primary N) is 4. The molecule has 0 atom stereocenters. The zero-order valence-corrected chi connectivity index (χ0v) is 6.66. The highest BCUT2D eigenvalue weighted by molar-refractivity contribution is 5.69. The molecule has 0 fully saturated rings. The first kappa shape index (κ1) is 22.5. The van der Waals surface area contributed by atoms with Crippen molar-refractivity contribution < 1.29 is 14.4 Å². The van der Waals surface area contributed by atoms with Crippen molar-refractivity contribution in [3.63, 3.8) is 0 Å². The molecule has 4 amide bonds. The quantitative estimate of drug-likeness (QED) is 0.339. The van der Waals surface area contributed by atoms with Crippen LogP contribution in [0, 0.1) is 0 Å². The number of hydrogen-bond acceptors (Lipinski definition) is 3. The summed E-state index contributed by atoms with van der Waals surface area (Å²) in [6.07, 6.45) is 0. The topological polar surface area (TPSA) is 155 Å². The molecule has 0 aromatic heterocycles. The molecule has 72 valence electrons. The van der Waals surface area contributed by atoms with E-state index in [0.717, 1.165) is 0 Å². The van der Waals surface area contributed by atoms with E-state index in [9.17, 15) is 0 Å². The number of rotatable bonds is 0. The summed E-state index contributed by atoms with van der Waals surface area (Å²) in [7, 11) is 0. The summed E-state index contributed by atoms with van der Waals surface area (Å²) >= 11 is 0. The molecule has 0 bridgehead atoms. The Morgan fingerprint density at radius 1 is 0.750 bits per heavy atom. The maximum Gasteiger partial charge on any atom is 0.309 e. The molecule has 0 aliphatic rings. The minimum absolute atomic E-state index is 0.833. The van der Waals surface area contributed by atoms with E-state index < -0.39 is 12.1 Å². The Kier molecular flexibility index (Phi) is 68.0. The van der Waals surface area contributed by atoms with Crippen LogP contribution in [0.5, 0.6) is 0 Å². The molecule has 0 aromatic rings. The number of carbonyl (C=O) groups is 3. The lowest BCUT2D eigenvalue weighted by atomic mass is 11.2. The van der Waals surface area contributed by atoms with E-state index in [1.165, 1.54) is 0 Å². The van der Waals surface area contributed by atoms with Gasteiger partial charge < -0.3 is 27.7 Å². The van der Waals surface area contributed by atoms with Gasteiger partial charge in [-0.3, -0.25) is 0 Å². The normalized spacial score (nSPS) is 4.67. The monoisotopic (exact) mass is 178 g/mol. The van der Waals surface area contributed by atoms with E-state index in [0.29, 0.717) is 0 Å². The standard InChI is InChI=1S/C2H4.2CH4N2O.CH2O/c1-2;2*2-1(3)4;1-2/h1-2H2;2*(H4,2,3,4);1H2. The Hall–Kier alpha value is -2.05. The summed E-state index contributed by atoms with van der Waals surface area (Å²) in [5.74, 6) is 0. The van der Waals surface area contributed by atoms with Crippen molar-refractivity contribution in [2.75, 3.05) is 0 Å². The second-order valence-corrected chi connectivity index (χ2v) is 0.805. The highest BCUT2D eigenvalue weighted by atomic mass is 16.2. The zero-order valence-electron chi connectivity index (χ0n) is 6.66. The van der Waals surface area contributed by atoms with E-state index >= 15 is 0 Å². The summed E-state index contributed by atoms with van der Waals surface area (Å²) in [6.45, 7) is 8.00. The predicted octanol–water partition coefficient (Wildman–Crippen LogP) is -1.34. The molecule has 0 saturated carbocycles. The molecule has 0 aliphatic heterocycles. The van der Waals surface area contributed by atoms with Gasteiger partial charge in [-0.2, -0.15) is 0 Å². The van der Waals surface area contributed by atoms with Crippen LogP contribution in [0.2, 0.25) is 0 Å². The van der Waals surface area contributed by atoms with Gasteiger partial charge >= 0.3 is 12.1 Å². The number of hydrogen-bond donors (Lipinski definition) is 4. The summed E-state index contributed by atoms with van der Waals surface area (Å²) < 4.78 is 0. The first-order valence-corrected chi connectivity index (χ1v) is 2.35. The Morgan fingerprint density at radius 2 is 0.750 bits per heavy atom. The molecule has 0 spiro atoms. The van der Waals surface area contributed by atoms with Gasteiger partial charge in [0.25, 0.3) is 0 Å². The van der Waals surface area contributed by atoms with Gasteiger partial charge in [-0.15, -0.1) is 13.2 Å². The molecule has 0 heterocycles. The largest absolute Gasteiger partial charge is 0.352 e. The number of amides is 4. The zero-order chi connectivity index (χ0) is 11.2. The van der Waals surface area contributed by atoms with Gasteiger partial charge in [-0.05, 0) is 0 Å². The van der Waals surface area contributed by atoms with Crippen LogP contribution in [0.1, 0.15) is 0 Å². The molecule has 7 nitrogen and oxygen atoms in total. The van der Waals surface area contributed by atoms with Crippen LogP contribution in [-0.2, 0) is 4.79 Å². The summed E-state index contributed by atoms with van der Waals surface area (Å²) in [5.41, 5.74) is 17.0. The van der Waals surface area contributed by atoms with Gasteiger partial charge in [-0.25, -0.2) is 9.59 Å². The third-order valence-corrected chi connectivity index (χ3v) is 0. The molecule has 12 heavy (non-hydrogen) atoms. The van der Waals surface area contributed by atoms with Crippen molar-refractivity contribution in [1.29, 1.82) is 0 Å². The molecular formula is C5H14N4O3. The van der Waals surface area contributed by atoms with Crippen LogP contribution >= 0.6 is 0 Å². The molecule has 0 aliphatic carbocycles. The molecular weight excluding hydrogens is 164 g/mol. The van der Waals surface area contributed by atoms with Crippen molar-refractivity contribution in [1.82, 2.24) is 0 Å². The van der Waals surface area contributed by atoms with Crippen LogP contribution in [0.3, 0.4) is 0 Å². The van der Waals surface area contributed by atoms with Crippen molar-refractivity contribution in [2.45, 2.75) is 0 Å². The van der Waals surface area contributed by atoms with Crippen LogP contribution < -0.4 is 22.9 Å². The summed E-state index contributed by atoms with van der Waals surface area (Å²) in [5, 5.41) is 0. The number of primary amides is 4. The van der Waals surface area contributed by atoms with Gasteiger partial charge in [-0.1, -0.05) is 0 Å². The fourth-order valence-corrected chi connectivity index (χ4v) is 0. The average molecular weight is 178 g/mol. The van der Waals surface area contributed by atoms with Crippen molar-refractivity contribution in [3.8, 4) is 0 Å². The molecule has 0 saturated heterocycles. The second-order valence-electron chi connectivity index (χ2n) is 0.805. The first-order valence-electron chi connectivity index (χ1n) is 2.35. The highest BCUT2D eigenvalue weighted by Crippen LogP contribution is 1.26. The third-order valence-electron chi connectivity index (χ3n) is 0. The van der Waals surface area contributed by atoms with Crippen LogP contribution in [0.25, 0.3) is 0 Å². The fraction of sp³-hybridized carbons (Fsp3) is 0. The Balaban J connectivity index is -0.0000000380. The number of urea groups is 2. The lowest BCUT2D eigenvalue weighted by Crippen LogP contribution is -2.18. The van der Waals surface area contributed by atoms with E-state index in [4.69, 9.17) is 14.4 Å². The predicted molar refractivity (Wildman–Crippen MR) is 45.9 cm³/mol. The molecule has 0 unspecified atom stereocenters. The smallest absolute Gasteiger partial charge is 0.309 e. The molecule has 7 heteroatoms. The lowest BCUT2D eigenvalue weighted by Gasteiger charge is -1.62. The summed E-state index contributed by atoms with van der Waals surface area (Å²) in [4.78, 5) is 26.0. The van der Waals surface area contributed by atoms with E-state index in [2.05, 4.69) is 36.1 Å². The Bertz CT molecular complexity index is 95.3. The maximum atomic E-state index is 9.00. The second kappa shape index (κ2) is 36.3. The lowest BCUT2D eigenvalue weighted by molar-refractivity contribution is -0.0979. The average Bonchev–Trinajstić information content (AvgIpc) is 1.93. The minimum Gasteiger partial charge on any atom is -0.352 e. The molecule has 8 N–H and O–H groups in total. The van der Waals surface area contributed by atoms with E-state index in [1.54, 1.807) is 0 Å². The van der Waals surface area contributed by atoms with Crippen LogP contribution in [0.15, 0.2) is 13.2 Å². The first-order chi connectivity index (χ1) is 5.46. The van der Waals surface area contributed by atoms with Gasteiger partial charge in [0.15, 0.2) is 0 Å². The molecule has 0 radical (unpaired) electrons. The fourth-order valence-electron chi connectivity index (χ4n) is 0. The van der Waals surface area contributed by atoms with Crippen LogP contribution in [-0.4, -0.2) is 18.9 Å². The number of carbonyl (C=O) groups excluding carboxylic acids is 3. The van der Waals surface area contributed by atoms with Gasteiger partial charge in [0.1, 0.15) is 6.79 Å².